The van der Waals surface area contributed by atoms with E-state index in [1.165, 1.54) is 0 Å². The van der Waals surface area contributed by atoms with Gasteiger partial charge in [0.2, 0.25) is 0 Å². The van der Waals surface area contributed by atoms with Crippen LogP contribution in [0.1, 0.15) is 24.9 Å². The average molecular weight is 329 g/mol. The van der Waals surface area contributed by atoms with Crippen LogP contribution in [0.3, 0.4) is 0 Å². The molecule has 0 fully saturated rings. The van der Waals surface area contributed by atoms with Crippen LogP contribution in [-0.2, 0) is 4.79 Å². The molecule has 2 aromatic rings. The Morgan fingerprint density at radius 1 is 1.00 bits per heavy atom. The van der Waals surface area contributed by atoms with Crippen molar-refractivity contribution in [2.45, 2.75) is 19.4 Å². The van der Waals surface area contributed by atoms with Crippen molar-refractivity contribution in [3.63, 3.8) is 0 Å². The minimum atomic E-state index is -0.174. The monoisotopic (exact) mass is 329 g/mol. The summed E-state index contributed by atoms with van der Waals surface area (Å²) in [5, 5.41) is 2.98. The van der Waals surface area contributed by atoms with Gasteiger partial charge in [0, 0.05) is 18.2 Å². The first-order valence-electron chi connectivity index (χ1n) is 7.86. The Morgan fingerprint density at radius 3 is 2.12 bits per heavy atom. The molecule has 1 N–H and O–H groups in total. The first-order valence-corrected chi connectivity index (χ1v) is 7.86. The zero-order chi connectivity index (χ0) is 17.4. The number of carbonyl (C=O) groups excluding carboxylic acids is 1. The Balaban J connectivity index is 1.95. The molecule has 2 rings (SSSR count). The summed E-state index contributed by atoms with van der Waals surface area (Å²) in [5.74, 6) is 1.57. The van der Waals surface area contributed by atoms with Crippen molar-refractivity contribution >= 4 is 5.91 Å². The lowest BCUT2D eigenvalue weighted by molar-refractivity contribution is -0.123. The number of rotatable bonds is 8. The number of ether oxygens (including phenoxy) is 3. The fourth-order valence-electron chi connectivity index (χ4n) is 2.36. The molecule has 0 radical (unpaired) electrons. The van der Waals surface area contributed by atoms with E-state index in [9.17, 15) is 4.79 Å². The van der Waals surface area contributed by atoms with E-state index in [4.69, 9.17) is 14.2 Å². The van der Waals surface area contributed by atoms with Crippen LogP contribution in [0, 0.1) is 0 Å². The number of methoxy groups -OCH3 is 2. The van der Waals surface area contributed by atoms with E-state index in [1.807, 2.05) is 37.3 Å². The smallest absolute Gasteiger partial charge is 0.258 e. The molecule has 5 heteroatoms. The summed E-state index contributed by atoms with van der Waals surface area (Å²) in [4.78, 5) is 12.2. The van der Waals surface area contributed by atoms with Gasteiger partial charge in [0.05, 0.1) is 20.3 Å². The fourth-order valence-corrected chi connectivity index (χ4v) is 2.36. The van der Waals surface area contributed by atoms with E-state index in [1.54, 1.807) is 32.4 Å². The van der Waals surface area contributed by atoms with Gasteiger partial charge in [0.15, 0.2) is 6.61 Å². The van der Waals surface area contributed by atoms with Crippen LogP contribution in [0.5, 0.6) is 17.2 Å². The number of amides is 1. The highest BCUT2D eigenvalue weighted by Gasteiger charge is 2.13. The highest BCUT2D eigenvalue weighted by molar-refractivity contribution is 5.78. The molecular weight excluding hydrogens is 306 g/mol. The predicted octanol–water partition coefficient (Wildman–Crippen LogP) is 3.35. The van der Waals surface area contributed by atoms with E-state index >= 15 is 0 Å². The summed E-state index contributed by atoms with van der Waals surface area (Å²) >= 11 is 0. The highest BCUT2D eigenvalue weighted by Crippen LogP contribution is 2.27. The van der Waals surface area contributed by atoms with E-state index in [-0.39, 0.29) is 18.6 Å². The molecule has 0 aliphatic carbocycles. The van der Waals surface area contributed by atoms with Crippen molar-refractivity contribution in [2.75, 3.05) is 20.8 Å². The quantitative estimate of drug-likeness (QED) is 0.807. The zero-order valence-corrected chi connectivity index (χ0v) is 14.2. The molecule has 0 unspecified atom stereocenters. The lowest BCUT2D eigenvalue weighted by Gasteiger charge is -2.18. The second-order valence-corrected chi connectivity index (χ2v) is 5.28. The van der Waals surface area contributed by atoms with Gasteiger partial charge >= 0.3 is 0 Å². The molecule has 0 bridgehead atoms. The number of benzene rings is 2. The molecule has 1 amide bonds. The highest BCUT2D eigenvalue weighted by atomic mass is 16.5. The maximum atomic E-state index is 12.2. The maximum absolute atomic E-state index is 12.2. The van der Waals surface area contributed by atoms with Gasteiger partial charge in [0.1, 0.15) is 17.2 Å². The molecule has 5 nitrogen and oxygen atoms in total. The van der Waals surface area contributed by atoms with E-state index in [2.05, 4.69) is 5.32 Å². The van der Waals surface area contributed by atoms with Crippen molar-refractivity contribution in [3.8, 4) is 17.2 Å². The largest absolute Gasteiger partial charge is 0.496 e. The van der Waals surface area contributed by atoms with Crippen LogP contribution >= 0.6 is 0 Å². The second-order valence-electron chi connectivity index (χ2n) is 5.28. The van der Waals surface area contributed by atoms with Gasteiger partial charge in [0.25, 0.3) is 5.91 Å². The van der Waals surface area contributed by atoms with Gasteiger partial charge in [-0.25, -0.2) is 0 Å². The van der Waals surface area contributed by atoms with Gasteiger partial charge < -0.3 is 19.5 Å². The minimum absolute atomic E-state index is 0.0258. The topological polar surface area (TPSA) is 56.8 Å². The van der Waals surface area contributed by atoms with Gasteiger partial charge in [-0.15, -0.1) is 0 Å². The van der Waals surface area contributed by atoms with E-state index < -0.39 is 0 Å². The summed E-state index contributed by atoms with van der Waals surface area (Å²) in [6, 6.07) is 15.0. The Labute approximate surface area is 142 Å². The van der Waals surface area contributed by atoms with E-state index in [0.29, 0.717) is 17.2 Å². The van der Waals surface area contributed by atoms with Crippen molar-refractivity contribution < 1.29 is 19.0 Å². The number of hydrogen-bond acceptors (Lipinski definition) is 4. The minimum Gasteiger partial charge on any atom is -0.496 e. The Kier molecular flexibility index (Phi) is 6.49. The summed E-state index contributed by atoms with van der Waals surface area (Å²) in [5.41, 5.74) is 1.08. The zero-order valence-electron chi connectivity index (χ0n) is 14.2. The number of carbonyl (C=O) groups is 1. The summed E-state index contributed by atoms with van der Waals surface area (Å²) in [6.07, 6.45) is 0.808. The number of nitrogens with one attached hydrogen (secondary N) is 1. The fraction of sp³-hybridized carbons (Fsp3) is 0.316. The van der Waals surface area contributed by atoms with Gasteiger partial charge in [-0.05, 0) is 12.0 Å². The first-order chi connectivity index (χ1) is 11.7. The standard InChI is InChI=1S/C19H23NO4/c1-4-18(14-8-6-5-7-9-14)20-19(21)13-24-17-11-15(22-2)10-16(12-17)23-3/h5-12,18H,4,13H2,1-3H3,(H,20,21)/t18-/m0/s1. The third-order valence-electron chi connectivity index (χ3n) is 3.64. The molecule has 24 heavy (non-hydrogen) atoms. The van der Waals surface area contributed by atoms with Crippen LogP contribution in [0.2, 0.25) is 0 Å². The molecule has 0 saturated heterocycles. The molecule has 0 aliphatic heterocycles. The van der Waals surface area contributed by atoms with Crippen molar-refractivity contribution in [1.29, 1.82) is 0 Å². The van der Waals surface area contributed by atoms with Crippen LogP contribution in [0.15, 0.2) is 48.5 Å². The van der Waals surface area contributed by atoms with E-state index in [0.717, 1.165) is 12.0 Å². The van der Waals surface area contributed by atoms with Crippen LogP contribution in [0.4, 0.5) is 0 Å². The molecule has 128 valence electrons. The maximum Gasteiger partial charge on any atom is 0.258 e. The van der Waals surface area contributed by atoms with Gasteiger partial charge in [-0.2, -0.15) is 0 Å². The summed E-state index contributed by atoms with van der Waals surface area (Å²) < 4.78 is 15.9. The third-order valence-corrected chi connectivity index (χ3v) is 3.64. The molecule has 0 heterocycles. The Hall–Kier alpha value is -2.69. The van der Waals surface area contributed by atoms with Crippen molar-refractivity contribution in [1.82, 2.24) is 5.32 Å². The summed E-state index contributed by atoms with van der Waals surface area (Å²) in [6.45, 7) is 1.96. The number of hydrogen-bond donors (Lipinski definition) is 1. The van der Waals surface area contributed by atoms with Crippen molar-refractivity contribution in [3.05, 3.63) is 54.1 Å². The van der Waals surface area contributed by atoms with Gasteiger partial charge in [-0.3, -0.25) is 4.79 Å². The van der Waals surface area contributed by atoms with Crippen LogP contribution in [0.25, 0.3) is 0 Å². The second kappa shape index (κ2) is 8.82. The van der Waals surface area contributed by atoms with Crippen LogP contribution < -0.4 is 19.5 Å². The van der Waals surface area contributed by atoms with Crippen LogP contribution in [-0.4, -0.2) is 26.7 Å². The normalized spacial score (nSPS) is 11.5. The molecule has 0 saturated carbocycles. The third kappa shape index (κ3) is 4.91. The predicted molar refractivity (Wildman–Crippen MR) is 92.7 cm³/mol. The lowest BCUT2D eigenvalue weighted by atomic mass is 10.0. The SMILES string of the molecule is CC[C@H](NC(=O)COc1cc(OC)cc(OC)c1)c1ccccc1. The summed E-state index contributed by atoms with van der Waals surface area (Å²) in [7, 11) is 3.13. The molecular formula is C19H23NO4. The molecule has 1 atom stereocenters. The molecule has 0 aromatic heterocycles. The molecule has 0 spiro atoms. The first kappa shape index (κ1) is 17.7. The molecule has 2 aromatic carbocycles. The van der Waals surface area contributed by atoms with Crippen molar-refractivity contribution in [2.24, 2.45) is 0 Å². The molecule has 0 aliphatic rings. The average Bonchev–Trinajstić information content (AvgIpc) is 2.64. The Bertz CT molecular complexity index is 635. The Morgan fingerprint density at radius 2 is 1.58 bits per heavy atom. The lowest BCUT2D eigenvalue weighted by Crippen LogP contribution is -2.32. The van der Waals surface area contributed by atoms with Gasteiger partial charge in [-0.1, -0.05) is 37.3 Å².